The van der Waals surface area contributed by atoms with E-state index >= 15 is 0 Å². The molecular formula is C24H23NO5S. The fraction of sp³-hybridized carbons (Fsp3) is 0.250. The number of carbonyl (C=O) groups excluding carboxylic acids is 2. The molecule has 1 aliphatic heterocycles. The first-order valence-corrected chi connectivity index (χ1v) is 10.9. The number of nitrogens with one attached hydrogen (secondary N) is 1. The standard InChI is InChI=1S/C24H23NO5S/c1-3-28-24(27)22-15(2)20(12-17-9-10-18-19(11-17)30-14-29-18)31-23(22)25-21(26)13-16-7-5-4-6-8-16/h4-11H,3,12-14H2,1-2H3,(H,25,26). The number of hydrogen-bond donors (Lipinski definition) is 1. The van der Waals surface area contributed by atoms with Crippen LogP contribution in [0.2, 0.25) is 0 Å². The van der Waals surface area contributed by atoms with Crippen LogP contribution < -0.4 is 14.8 Å². The number of benzene rings is 2. The van der Waals surface area contributed by atoms with Gasteiger partial charge in [0.15, 0.2) is 11.5 Å². The lowest BCUT2D eigenvalue weighted by atomic mass is 10.1. The summed E-state index contributed by atoms with van der Waals surface area (Å²) in [6, 6.07) is 15.3. The molecule has 0 saturated carbocycles. The van der Waals surface area contributed by atoms with Crippen molar-refractivity contribution in [2.75, 3.05) is 18.7 Å². The predicted octanol–water partition coefficient (Wildman–Crippen LogP) is 4.73. The lowest BCUT2D eigenvalue weighted by Crippen LogP contribution is -2.16. The molecule has 7 heteroatoms. The highest BCUT2D eigenvalue weighted by atomic mass is 32.1. The SMILES string of the molecule is CCOC(=O)c1c(NC(=O)Cc2ccccc2)sc(Cc2ccc3c(c2)OCO3)c1C. The fourth-order valence-corrected chi connectivity index (χ4v) is 4.70. The largest absolute Gasteiger partial charge is 0.462 e. The van der Waals surface area contributed by atoms with Gasteiger partial charge in [-0.2, -0.15) is 0 Å². The Hall–Kier alpha value is -3.32. The summed E-state index contributed by atoms with van der Waals surface area (Å²) in [5, 5.41) is 3.44. The average molecular weight is 438 g/mol. The summed E-state index contributed by atoms with van der Waals surface area (Å²) >= 11 is 1.40. The van der Waals surface area contributed by atoms with Crippen LogP contribution in [0.15, 0.2) is 48.5 Å². The third-order valence-corrected chi connectivity index (χ3v) is 6.19. The minimum Gasteiger partial charge on any atom is -0.462 e. The molecule has 1 aromatic heterocycles. The number of amides is 1. The van der Waals surface area contributed by atoms with E-state index in [-0.39, 0.29) is 25.7 Å². The van der Waals surface area contributed by atoms with Crippen LogP contribution in [0, 0.1) is 6.92 Å². The monoisotopic (exact) mass is 437 g/mol. The van der Waals surface area contributed by atoms with Crippen molar-refractivity contribution in [1.29, 1.82) is 0 Å². The number of fused-ring (bicyclic) bond motifs is 1. The van der Waals surface area contributed by atoms with E-state index in [9.17, 15) is 9.59 Å². The third kappa shape index (κ3) is 4.72. The highest BCUT2D eigenvalue weighted by molar-refractivity contribution is 7.17. The Kier molecular flexibility index (Phi) is 6.23. The van der Waals surface area contributed by atoms with Gasteiger partial charge in [0.05, 0.1) is 18.6 Å². The molecule has 1 amide bonds. The molecule has 0 saturated heterocycles. The van der Waals surface area contributed by atoms with Crippen LogP contribution in [0.4, 0.5) is 5.00 Å². The number of hydrogen-bond acceptors (Lipinski definition) is 6. The van der Waals surface area contributed by atoms with E-state index in [1.54, 1.807) is 6.92 Å². The van der Waals surface area contributed by atoms with Crippen LogP contribution in [-0.2, 0) is 22.4 Å². The third-order valence-electron chi connectivity index (χ3n) is 4.99. The Morgan fingerprint density at radius 3 is 2.61 bits per heavy atom. The number of esters is 1. The Labute approximate surface area is 184 Å². The Morgan fingerprint density at radius 2 is 1.84 bits per heavy atom. The zero-order valence-electron chi connectivity index (χ0n) is 17.4. The normalized spacial score (nSPS) is 11.9. The fourth-order valence-electron chi connectivity index (χ4n) is 3.45. The van der Waals surface area contributed by atoms with Crippen molar-refractivity contribution >= 4 is 28.2 Å². The van der Waals surface area contributed by atoms with E-state index in [2.05, 4.69) is 5.32 Å². The Morgan fingerprint density at radius 1 is 1.06 bits per heavy atom. The van der Waals surface area contributed by atoms with Gasteiger partial charge in [0, 0.05) is 11.3 Å². The van der Waals surface area contributed by atoms with E-state index in [1.165, 1.54) is 11.3 Å². The van der Waals surface area contributed by atoms with E-state index < -0.39 is 5.97 Å². The zero-order chi connectivity index (χ0) is 21.8. The molecule has 6 nitrogen and oxygen atoms in total. The second-order valence-electron chi connectivity index (χ2n) is 7.15. The number of carbonyl (C=O) groups is 2. The minimum atomic E-state index is -0.428. The van der Waals surface area contributed by atoms with Crippen LogP contribution in [0.3, 0.4) is 0 Å². The number of rotatable bonds is 7. The summed E-state index contributed by atoms with van der Waals surface area (Å²) in [6.07, 6.45) is 0.839. The van der Waals surface area contributed by atoms with E-state index in [0.29, 0.717) is 22.7 Å². The average Bonchev–Trinajstić information content (AvgIpc) is 3.33. The molecule has 0 spiro atoms. The smallest absolute Gasteiger partial charge is 0.341 e. The predicted molar refractivity (Wildman–Crippen MR) is 119 cm³/mol. The van der Waals surface area contributed by atoms with E-state index in [4.69, 9.17) is 14.2 Å². The van der Waals surface area contributed by atoms with Crippen LogP contribution in [0.25, 0.3) is 0 Å². The second-order valence-corrected chi connectivity index (χ2v) is 8.25. The Bertz CT molecular complexity index is 1110. The van der Waals surface area contributed by atoms with E-state index in [1.807, 2.05) is 55.5 Å². The molecule has 3 aromatic rings. The number of anilines is 1. The zero-order valence-corrected chi connectivity index (χ0v) is 18.2. The molecule has 0 bridgehead atoms. The molecule has 0 radical (unpaired) electrons. The van der Waals surface area contributed by atoms with Crippen molar-refractivity contribution in [3.05, 3.63) is 75.7 Å². The molecule has 0 fully saturated rings. The topological polar surface area (TPSA) is 73.9 Å². The first-order valence-electron chi connectivity index (χ1n) is 10.1. The van der Waals surface area contributed by atoms with Crippen molar-refractivity contribution in [1.82, 2.24) is 0 Å². The van der Waals surface area contributed by atoms with Crippen molar-refractivity contribution in [3.63, 3.8) is 0 Å². The lowest BCUT2D eigenvalue weighted by Gasteiger charge is -2.07. The second kappa shape index (κ2) is 9.22. The molecule has 0 unspecified atom stereocenters. The molecule has 2 heterocycles. The summed E-state index contributed by atoms with van der Waals surface area (Å²) in [4.78, 5) is 26.3. The molecule has 4 rings (SSSR count). The summed E-state index contributed by atoms with van der Waals surface area (Å²) in [5.74, 6) is 0.845. The van der Waals surface area contributed by atoms with Crippen LogP contribution in [0.1, 0.15) is 38.8 Å². The van der Waals surface area contributed by atoms with Gasteiger partial charge in [0.2, 0.25) is 12.7 Å². The van der Waals surface area contributed by atoms with Gasteiger partial charge in [-0.15, -0.1) is 11.3 Å². The molecule has 0 aliphatic carbocycles. The van der Waals surface area contributed by atoms with Gasteiger partial charge in [-0.3, -0.25) is 4.79 Å². The van der Waals surface area contributed by atoms with Crippen molar-refractivity contribution in [3.8, 4) is 11.5 Å². The highest BCUT2D eigenvalue weighted by Crippen LogP contribution is 2.37. The summed E-state index contributed by atoms with van der Waals surface area (Å²) < 4.78 is 16.1. The molecule has 0 atom stereocenters. The maximum absolute atomic E-state index is 12.6. The number of thiophene rings is 1. The van der Waals surface area contributed by atoms with Crippen LogP contribution in [-0.4, -0.2) is 25.3 Å². The summed E-state index contributed by atoms with van der Waals surface area (Å²) in [7, 11) is 0. The quantitative estimate of drug-likeness (QED) is 0.541. The molecule has 160 valence electrons. The minimum absolute atomic E-state index is 0.173. The summed E-state index contributed by atoms with van der Waals surface area (Å²) in [6.45, 7) is 4.14. The first-order chi connectivity index (χ1) is 15.0. The maximum atomic E-state index is 12.6. The lowest BCUT2D eigenvalue weighted by molar-refractivity contribution is -0.115. The van der Waals surface area contributed by atoms with Gasteiger partial charge >= 0.3 is 5.97 Å². The van der Waals surface area contributed by atoms with Gasteiger partial charge in [0.1, 0.15) is 5.00 Å². The number of ether oxygens (including phenoxy) is 3. The van der Waals surface area contributed by atoms with Gasteiger partial charge in [-0.1, -0.05) is 36.4 Å². The van der Waals surface area contributed by atoms with E-state index in [0.717, 1.165) is 27.3 Å². The molecule has 1 N–H and O–H groups in total. The molecule has 31 heavy (non-hydrogen) atoms. The maximum Gasteiger partial charge on any atom is 0.341 e. The molecule has 2 aromatic carbocycles. The van der Waals surface area contributed by atoms with Crippen molar-refractivity contribution in [2.24, 2.45) is 0 Å². The molecular weight excluding hydrogens is 414 g/mol. The molecule has 1 aliphatic rings. The van der Waals surface area contributed by atoms with Crippen LogP contribution in [0.5, 0.6) is 11.5 Å². The van der Waals surface area contributed by atoms with Gasteiger partial charge < -0.3 is 19.5 Å². The van der Waals surface area contributed by atoms with Gasteiger partial charge in [-0.05, 0) is 42.7 Å². The van der Waals surface area contributed by atoms with Crippen LogP contribution >= 0.6 is 11.3 Å². The highest BCUT2D eigenvalue weighted by Gasteiger charge is 2.24. The Balaban J connectivity index is 1.59. The van der Waals surface area contributed by atoms with Gasteiger partial charge in [0.25, 0.3) is 0 Å². The van der Waals surface area contributed by atoms with Crippen molar-refractivity contribution < 1.29 is 23.8 Å². The first kappa shape index (κ1) is 20.9. The van der Waals surface area contributed by atoms with Crippen molar-refractivity contribution in [2.45, 2.75) is 26.7 Å². The van der Waals surface area contributed by atoms with Gasteiger partial charge in [-0.25, -0.2) is 4.79 Å². The summed E-state index contributed by atoms with van der Waals surface area (Å²) in [5.41, 5.74) is 3.18.